The molecule has 0 saturated heterocycles. The third kappa shape index (κ3) is 4.31. The van der Waals surface area contributed by atoms with E-state index in [1.165, 1.54) is 13.2 Å². The predicted molar refractivity (Wildman–Crippen MR) is 90.2 cm³/mol. The molecule has 124 valence electrons. The van der Waals surface area contributed by atoms with E-state index >= 15 is 0 Å². The van der Waals surface area contributed by atoms with Crippen LogP contribution in [0.3, 0.4) is 0 Å². The van der Waals surface area contributed by atoms with E-state index in [-0.39, 0.29) is 17.2 Å². The smallest absolute Gasteiger partial charge is 0.160 e. The van der Waals surface area contributed by atoms with E-state index in [0.717, 1.165) is 24.0 Å². The van der Waals surface area contributed by atoms with Crippen LogP contribution in [0.2, 0.25) is 0 Å². The van der Waals surface area contributed by atoms with Gasteiger partial charge in [-0.15, -0.1) is 0 Å². The van der Waals surface area contributed by atoms with Crippen LogP contribution >= 0.6 is 0 Å². The van der Waals surface area contributed by atoms with Crippen molar-refractivity contribution in [3.05, 3.63) is 47.5 Å². The van der Waals surface area contributed by atoms with Crippen LogP contribution in [0.5, 0.6) is 23.0 Å². The summed E-state index contributed by atoms with van der Waals surface area (Å²) in [6.45, 7) is 4.34. The van der Waals surface area contributed by atoms with Crippen LogP contribution in [0.25, 0.3) is 0 Å². The molecule has 0 unspecified atom stereocenters. The third-order valence-electron chi connectivity index (χ3n) is 4.37. The molecule has 0 spiro atoms. The normalized spacial score (nSPS) is 13.5. The summed E-state index contributed by atoms with van der Waals surface area (Å²) in [5, 5.41) is 28.8. The molecule has 4 heteroatoms. The van der Waals surface area contributed by atoms with Gasteiger partial charge in [0.1, 0.15) is 0 Å². The minimum atomic E-state index is -0.0943. The second kappa shape index (κ2) is 7.27. The fourth-order valence-electron chi connectivity index (χ4n) is 2.70. The summed E-state index contributed by atoms with van der Waals surface area (Å²) in [5.41, 5.74) is 2.06. The van der Waals surface area contributed by atoms with Gasteiger partial charge in [-0.05, 0) is 60.1 Å². The molecule has 0 aliphatic heterocycles. The van der Waals surface area contributed by atoms with Crippen molar-refractivity contribution in [2.45, 2.75) is 26.7 Å². The monoisotopic (exact) mass is 316 g/mol. The minimum absolute atomic E-state index is 0.0811. The summed E-state index contributed by atoms with van der Waals surface area (Å²) in [5.74, 6) is 1.26. The molecular weight excluding hydrogens is 292 g/mol. The highest BCUT2D eigenvalue weighted by atomic mass is 16.5. The summed E-state index contributed by atoms with van der Waals surface area (Å²) >= 11 is 0. The molecule has 0 aromatic heterocycles. The van der Waals surface area contributed by atoms with Gasteiger partial charge in [0.05, 0.1) is 7.11 Å². The molecule has 0 aliphatic carbocycles. The lowest BCUT2D eigenvalue weighted by Gasteiger charge is -2.20. The average Bonchev–Trinajstić information content (AvgIpc) is 2.51. The number of aromatic hydroxyl groups is 3. The average molecular weight is 316 g/mol. The Morgan fingerprint density at radius 2 is 1.30 bits per heavy atom. The van der Waals surface area contributed by atoms with Crippen LogP contribution in [-0.4, -0.2) is 22.4 Å². The first-order chi connectivity index (χ1) is 10.9. The number of hydrogen-bond donors (Lipinski definition) is 3. The highest BCUT2D eigenvalue weighted by Gasteiger charge is 2.15. The molecule has 2 aromatic carbocycles. The molecule has 0 radical (unpaired) electrons. The molecule has 0 amide bonds. The first-order valence-corrected chi connectivity index (χ1v) is 7.77. The van der Waals surface area contributed by atoms with Gasteiger partial charge in [-0.3, -0.25) is 0 Å². The Hall–Kier alpha value is -2.36. The Morgan fingerprint density at radius 3 is 1.78 bits per heavy atom. The number of benzene rings is 2. The van der Waals surface area contributed by atoms with Crippen LogP contribution in [0.15, 0.2) is 36.4 Å². The van der Waals surface area contributed by atoms with E-state index in [0.29, 0.717) is 17.6 Å². The zero-order valence-corrected chi connectivity index (χ0v) is 13.8. The van der Waals surface area contributed by atoms with E-state index in [1.54, 1.807) is 18.2 Å². The molecule has 0 heterocycles. The Balaban J connectivity index is 2.00. The van der Waals surface area contributed by atoms with Crippen LogP contribution < -0.4 is 4.74 Å². The Kier molecular flexibility index (Phi) is 5.37. The van der Waals surface area contributed by atoms with Crippen molar-refractivity contribution in [2.75, 3.05) is 7.11 Å². The maximum absolute atomic E-state index is 9.86. The Bertz CT molecular complexity index is 666. The summed E-state index contributed by atoms with van der Waals surface area (Å²) in [4.78, 5) is 0. The second-order valence-corrected chi connectivity index (χ2v) is 6.19. The predicted octanol–water partition coefficient (Wildman–Crippen LogP) is 3.87. The molecule has 0 fully saturated rings. The largest absolute Gasteiger partial charge is 0.504 e. The van der Waals surface area contributed by atoms with E-state index in [1.807, 2.05) is 12.1 Å². The van der Waals surface area contributed by atoms with Crippen LogP contribution in [-0.2, 0) is 12.8 Å². The minimum Gasteiger partial charge on any atom is -0.504 e. The van der Waals surface area contributed by atoms with Gasteiger partial charge in [0.2, 0.25) is 0 Å². The molecule has 3 N–H and O–H groups in total. The summed E-state index contributed by atoms with van der Waals surface area (Å²) in [6.07, 6.45) is 1.67. The van der Waals surface area contributed by atoms with Crippen molar-refractivity contribution in [1.29, 1.82) is 0 Å². The van der Waals surface area contributed by atoms with Gasteiger partial charge in [-0.2, -0.15) is 0 Å². The van der Waals surface area contributed by atoms with Gasteiger partial charge >= 0.3 is 0 Å². The number of rotatable bonds is 6. The first-order valence-electron chi connectivity index (χ1n) is 7.77. The number of ether oxygens (including phenoxy) is 1. The van der Waals surface area contributed by atoms with Gasteiger partial charge in [0.25, 0.3) is 0 Å². The molecule has 23 heavy (non-hydrogen) atoms. The van der Waals surface area contributed by atoms with E-state index in [2.05, 4.69) is 13.8 Å². The summed E-state index contributed by atoms with van der Waals surface area (Å²) in [6, 6.07) is 10.4. The standard InChI is InChI=1S/C19H24O4/c1-12(8-14-4-6-16(20)17(21)10-14)13(2)9-15-5-7-19(23-3)18(22)11-15/h4-7,10-13,20-22H,8-9H2,1-3H3/t12-,13-/m1/s1. The van der Waals surface area contributed by atoms with Crippen molar-refractivity contribution in [1.82, 2.24) is 0 Å². The molecule has 0 aliphatic rings. The fourth-order valence-corrected chi connectivity index (χ4v) is 2.70. The molecule has 4 nitrogen and oxygen atoms in total. The molecule has 2 aromatic rings. The molecule has 0 saturated carbocycles. The SMILES string of the molecule is COc1ccc(C[C@@H](C)[C@H](C)Cc2ccc(O)c(O)c2)cc1O. The number of hydrogen-bond acceptors (Lipinski definition) is 4. The lowest BCUT2D eigenvalue weighted by atomic mass is 9.85. The molecule has 2 rings (SSSR count). The van der Waals surface area contributed by atoms with Crippen molar-refractivity contribution < 1.29 is 20.1 Å². The quantitative estimate of drug-likeness (QED) is 0.708. The molecular formula is C19H24O4. The Morgan fingerprint density at radius 1 is 0.783 bits per heavy atom. The third-order valence-corrected chi connectivity index (χ3v) is 4.37. The van der Waals surface area contributed by atoms with Crippen molar-refractivity contribution in [3.63, 3.8) is 0 Å². The van der Waals surface area contributed by atoms with E-state index < -0.39 is 0 Å². The molecule has 0 bridgehead atoms. The van der Waals surface area contributed by atoms with Gasteiger partial charge in [-0.25, -0.2) is 0 Å². The number of phenols is 3. The van der Waals surface area contributed by atoms with Crippen molar-refractivity contribution >= 4 is 0 Å². The lowest BCUT2D eigenvalue weighted by Crippen LogP contribution is -2.13. The lowest BCUT2D eigenvalue weighted by molar-refractivity contribution is 0.368. The maximum Gasteiger partial charge on any atom is 0.160 e. The van der Waals surface area contributed by atoms with Gasteiger partial charge in [-0.1, -0.05) is 26.0 Å². The zero-order chi connectivity index (χ0) is 17.0. The molecule has 2 atom stereocenters. The number of methoxy groups -OCH3 is 1. The topological polar surface area (TPSA) is 69.9 Å². The fraction of sp³-hybridized carbons (Fsp3) is 0.368. The van der Waals surface area contributed by atoms with Gasteiger partial charge in [0.15, 0.2) is 23.0 Å². The van der Waals surface area contributed by atoms with Crippen molar-refractivity contribution in [3.8, 4) is 23.0 Å². The van der Waals surface area contributed by atoms with Crippen LogP contribution in [0.1, 0.15) is 25.0 Å². The zero-order valence-electron chi connectivity index (χ0n) is 13.8. The van der Waals surface area contributed by atoms with Gasteiger partial charge in [0, 0.05) is 0 Å². The Labute approximate surface area is 137 Å². The van der Waals surface area contributed by atoms with Crippen molar-refractivity contribution in [2.24, 2.45) is 11.8 Å². The van der Waals surface area contributed by atoms with Gasteiger partial charge < -0.3 is 20.1 Å². The first kappa shape index (κ1) is 17.0. The summed E-state index contributed by atoms with van der Waals surface area (Å²) < 4.78 is 5.06. The number of phenolic OH excluding ortho intramolecular Hbond substituents is 3. The highest BCUT2D eigenvalue weighted by molar-refractivity contribution is 5.42. The van der Waals surface area contributed by atoms with Crippen LogP contribution in [0, 0.1) is 11.8 Å². The second-order valence-electron chi connectivity index (χ2n) is 6.19. The van der Waals surface area contributed by atoms with E-state index in [9.17, 15) is 15.3 Å². The van der Waals surface area contributed by atoms with Crippen LogP contribution in [0.4, 0.5) is 0 Å². The highest BCUT2D eigenvalue weighted by Crippen LogP contribution is 2.30. The van der Waals surface area contributed by atoms with E-state index in [4.69, 9.17) is 4.74 Å². The maximum atomic E-state index is 9.86. The summed E-state index contributed by atoms with van der Waals surface area (Å²) in [7, 11) is 1.53.